The molecule has 5 heteroatoms. The fourth-order valence-electron chi connectivity index (χ4n) is 2.59. The molecule has 0 radical (unpaired) electrons. The summed E-state index contributed by atoms with van der Waals surface area (Å²) in [6.45, 7) is 4.60. The van der Waals surface area contributed by atoms with Crippen LogP contribution in [0.25, 0.3) is 0 Å². The SMILES string of the molecule is CCCCCCC[CH2][Zn][CH2]CCCCCCC.O=C(O)/C=C\C(=O)O. The van der Waals surface area contributed by atoms with Crippen molar-refractivity contribution in [3.05, 3.63) is 12.2 Å². The molecule has 0 aliphatic rings. The van der Waals surface area contributed by atoms with Crippen LogP contribution in [0.4, 0.5) is 0 Å². The number of hydrogen-bond acceptors (Lipinski definition) is 2. The summed E-state index contributed by atoms with van der Waals surface area (Å²) < 4.78 is 0. The molecule has 2 N–H and O–H groups in total. The molecule has 0 amide bonds. The molecule has 0 aliphatic heterocycles. The molecule has 0 bridgehead atoms. The van der Waals surface area contributed by atoms with E-state index in [-0.39, 0.29) is 17.1 Å². The molecule has 0 aliphatic carbocycles. The third-order valence-corrected chi connectivity index (χ3v) is 8.27. The molecule has 0 spiro atoms. The van der Waals surface area contributed by atoms with E-state index in [9.17, 15) is 9.59 Å². The van der Waals surface area contributed by atoms with Crippen molar-refractivity contribution in [1.82, 2.24) is 0 Å². The van der Waals surface area contributed by atoms with Gasteiger partial charge in [-0.1, -0.05) is 0 Å². The molecule has 0 atom stereocenters. The van der Waals surface area contributed by atoms with Gasteiger partial charge in [0.2, 0.25) is 0 Å². The van der Waals surface area contributed by atoms with Gasteiger partial charge >= 0.3 is 130 Å². The summed E-state index contributed by atoms with van der Waals surface area (Å²) in [6.07, 6.45) is 19.0. The smallest absolute Gasteiger partial charge is 0.328 e. The Morgan fingerprint density at radius 2 is 0.960 bits per heavy atom. The summed E-state index contributed by atoms with van der Waals surface area (Å²) in [5.74, 6) is -2.51. The predicted molar refractivity (Wildman–Crippen MR) is 101 cm³/mol. The summed E-state index contributed by atoms with van der Waals surface area (Å²) >= 11 is -0.0720. The Bertz CT molecular complexity index is 300. The largest absolute Gasteiger partial charge is 0.478 e. The summed E-state index contributed by atoms with van der Waals surface area (Å²) in [4.78, 5) is 19.1. The van der Waals surface area contributed by atoms with E-state index >= 15 is 0 Å². The van der Waals surface area contributed by atoms with Crippen molar-refractivity contribution in [1.29, 1.82) is 0 Å². The molecule has 0 saturated heterocycles. The van der Waals surface area contributed by atoms with E-state index in [0.717, 1.165) is 0 Å². The van der Waals surface area contributed by atoms with E-state index in [1.165, 1.54) is 64.2 Å². The van der Waals surface area contributed by atoms with Crippen LogP contribution in [0, 0.1) is 0 Å². The minimum absolute atomic E-state index is 0.0720. The van der Waals surface area contributed by atoms with Crippen LogP contribution in [0.2, 0.25) is 10.0 Å². The topological polar surface area (TPSA) is 74.6 Å². The second-order valence-electron chi connectivity index (χ2n) is 6.61. The second-order valence-corrected chi connectivity index (χ2v) is 11.1. The number of aliphatic carboxylic acids is 2. The maximum atomic E-state index is 9.55. The summed E-state index contributed by atoms with van der Waals surface area (Å²) in [7, 11) is 0. The maximum Gasteiger partial charge on any atom is 0.328 e. The first kappa shape index (κ1) is 26.5. The second kappa shape index (κ2) is 23.3. The van der Waals surface area contributed by atoms with Gasteiger partial charge < -0.3 is 10.2 Å². The Kier molecular flexibility index (Phi) is 24.7. The molecular weight excluding hydrogens is 370 g/mol. The van der Waals surface area contributed by atoms with Gasteiger partial charge in [-0.15, -0.1) is 0 Å². The van der Waals surface area contributed by atoms with Gasteiger partial charge in [0.05, 0.1) is 0 Å². The number of hydrogen-bond donors (Lipinski definition) is 2. The number of carboxylic acid groups (broad SMARTS) is 2. The molecule has 144 valence electrons. The zero-order chi connectivity index (χ0) is 19.2. The first-order chi connectivity index (χ1) is 12.0. The Balaban J connectivity index is 0. The van der Waals surface area contributed by atoms with Gasteiger partial charge in [0.25, 0.3) is 0 Å². The van der Waals surface area contributed by atoms with Gasteiger partial charge in [0.1, 0.15) is 0 Å². The molecule has 0 saturated carbocycles. The van der Waals surface area contributed by atoms with E-state index in [4.69, 9.17) is 10.2 Å². The Labute approximate surface area is 162 Å². The standard InChI is InChI=1S/2C8H17.C4H4O4.Zn/c2*1-3-5-7-8-6-4-2;5-3(6)1-2-4(7)8;/h2*1,3-8H2,2H3;1-2H,(H,5,6)(H,7,8);/b;;2-1-;. The third kappa shape index (κ3) is 31.6. The quantitative estimate of drug-likeness (QED) is 0.178. The van der Waals surface area contributed by atoms with E-state index in [0.29, 0.717) is 12.2 Å². The van der Waals surface area contributed by atoms with Crippen LogP contribution < -0.4 is 0 Å². The minimum Gasteiger partial charge on any atom is -0.478 e. The molecular formula is C20H38O4Zn. The van der Waals surface area contributed by atoms with Crippen molar-refractivity contribution in [2.45, 2.75) is 101 Å². The van der Waals surface area contributed by atoms with Gasteiger partial charge in [-0.2, -0.15) is 0 Å². The van der Waals surface area contributed by atoms with Gasteiger partial charge in [-0.25, -0.2) is 9.59 Å². The predicted octanol–water partition coefficient (Wildman–Crippen LogP) is 6.34. The van der Waals surface area contributed by atoms with Gasteiger partial charge in [0.15, 0.2) is 0 Å². The number of rotatable bonds is 16. The fraction of sp³-hybridized carbons (Fsp3) is 0.800. The van der Waals surface area contributed by atoms with Crippen LogP contribution in [0.1, 0.15) is 90.9 Å². The number of carbonyl (C=O) groups is 2. The first-order valence-corrected chi connectivity index (χ1v) is 14.4. The van der Waals surface area contributed by atoms with Crippen LogP contribution in [-0.2, 0) is 26.7 Å². The number of unbranched alkanes of at least 4 members (excludes halogenated alkanes) is 10. The normalized spacial score (nSPS) is 10.2. The fourth-order valence-corrected chi connectivity index (χ4v) is 6.30. The van der Waals surface area contributed by atoms with Gasteiger partial charge in [-0.3, -0.25) is 0 Å². The summed E-state index contributed by atoms with van der Waals surface area (Å²) in [5, 5.41) is 19.0. The van der Waals surface area contributed by atoms with Crippen molar-refractivity contribution in [2.75, 3.05) is 0 Å². The Morgan fingerprint density at radius 1 is 0.640 bits per heavy atom. The molecule has 0 aromatic rings. The first-order valence-electron chi connectivity index (χ1n) is 10.2. The molecule has 0 unspecified atom stereocenters. The average Bonchev–Trinajstić information content (AvgIpc) is 2.58. The maximum absolute atomic E-state index is 9.55. The number of carboxylic acids is 2. The zero-order valence-electron chi connectivity index (χ0n) is 16.5. The molecule has 0 aromatic carbocycles. The van der Waals surface area contributed by atoms with Gasteiger partial charge in [-0.05, 0) is 0 Å². The van der Waals surface area contributed by atoms with Crippen molar-refractivity contribution < 1.29 is 36.9 Å². The third-order valence-electron chi connectivity index (χ3n) is 4.08. The van der Waals surface area contributed by atoms with E-state index in [2.05, 4.69) is 13.8 Å². The van der Waals surface area contributed by atoms with Crippen LogP contribution in [0.15, 0.2) is 12.2 Å². The molecule has 0 rings (SSSR count). The van der Waals surface area contributed by atoms with Crippen molar-refractivity contribution >= 4 is 11.9 Å². The van der Waals surface area contributed by atoms with Crippen LogP contribution in [-0.4, -0.2) is 22.2 Å². The minimum atomic E-state index is -1.26. The molecule has 4 nitrogen and oxygen atoms in total. The summed E-state index contributed by atoms with van der Waals surface area (Å²) in [6, 6.07) is 0. The van der Waals surface area contributed by atoms with Crippen molar-refractivity contribution in [3.8, 4) is 0 Å². The van der Waals surface area contributed by atoms with E-state index < -0.39 is 11.9 Å². The van der Waals surface area contributed by atoms with E-state index in [1.807, 2.05) is 0 Å². The van der Waals surface area contributed by atoms with Crippen molar-refractivity contribution in [3.63, 3.8) is 0 Å². The zero-order valence-corrected chi connectivity index (χ0v) is 19.4. The molecule has 0 heterocycles. The Morgan fingerprint density at radius 3 is 1.28 bits per heavy atom. The monoisotopic (exact) mass is 406 g/mol. The van der Waals surface area contributed by atoms with E-state index in [1.54, 1.807) is 22.9 Å². The molecule has 25 heavy (non-hydrogen) atoms. The average molecular weight is 408 g/mol. The van der Waals surface area contributed by atoms with Gasteiger partial charge in [0, 0.05) is 12.2 Å². The molecule has 0 aromatic heterocycles. The van der Waals surface area contributed by atoms with Crippen LogP contribution in [0.5, 0.6) is 0 Å². The molecule has 0 fully saturated rings. The van der Waals surface area contributed by atoms with Crippen LogP contribution in [0.3, 0.4) is 0 Å². The Hall–Kier alpha value is -0.697. The van der Waals surface area contributed by atoms with Crippen molar-refractivity contribution in [2.24, 2.45) is 0 Å². The van der Waals surface area contributed by atoms with Crippen LogP contribution >= 0.6 is 0 Å². The summed E-state index contributed by atoms with van der Waals surface area (Å²) in [5.41, 5.74) is 0.